The predicted molar refractivity (Wildman–Crippen MR) is 128 cm³/mol. The smallest absolute Gasteiger partial charge is 0.317 e. The number of amides is 2. The van der Waals surface area contributed by atoms with Crippen molar-refractivity contribution in [1.82, 2.24) is 19.8 Å². The van der Waals surface area contributed by atoms with Crippen molar-refractivity contribution >= 4 is 22.0 Å². The number of aryl methyl sites for hydroxylation is 1. The zero-order valence-electron chi connectivity index (χ0n) is 18.9. The van der Waals surface area contributed by atoms with Gasteiger partial charge in [0.05, 0.1) is 18.9 Å². The highest BCUT2D eigenvalue weighted by Crippen LogP contribution is 2.22. The van der Waals surface area contributed by atoms with E-state index < -0.39 is 17.2 Å². The lowest BCUT2D eigenvalue weighted by Gasteiger charge is -2.27. The van der Waals surface area contributed by atoms with Crippen molar-refractivity contribution in [2.45, 2.75) is 20.1 Å². The highest BCUT2D eigenvalue weighted by molar-refractivity contribution is 9.10. The molecular formula is C24H23BrF2N4O4. The maximum Gasteiger partial charge on any atom is 0.317 e. The molecule has 0 saturated carbocycles. The quantitative estimate of drug-likeness (QED) is 0.507. The number of nitrogens with one attached hydrogen (secondary N) is 1. The van der Waals surface area contributed by atoms with Gasteiger partial charge in [-0.2, -0.15) is 4.98 Å². The summed E-state index contributed by atoms with van der Waals surface area (Å²) in [5.74, 6) is -1.08. The van der Waals surface area contributed by atoms with Crippen molar-refractivity contribution in [3.05, 3.63) is 85.9 Å². The minimum absolute atomic E-state index is 0.00130. The van der Waals surface area contributed by atoms with E-state index in [1.54, 1.807) is 30.0 Å². The van der Waals surface area contributed by atoms with Gasteiger partial charge in [-0.25, -0.2) is 13.6 Å². The number of rotatable bonds is 6. The number of carbonyl (C=O) groups is 1. The summed E-state index contributed by atoms with van der Waals surface area (Å²) in [6.45, 7) is 3.84. The molecule has 1 aliphatic rings. The van der Waals surface area contributed by atoms with Crippen LogP contribution in [-0.2, 0) is 17.9 Å². The lowest BCUT2D eigenvalue weighted by molar-refractivity contribution is 0.0531. The number of urea groups is 1. The van der Waals surface area contributed by atoms with E-state index in [1.165, 1.54) is 10.6 Å². The predicted octanol–water partition coefficient (Wildman–Crippen LogP) is 3.70. The fraction of sp³-hybridized carbons (Fsp3) is 0.292. The van der Waals surface area contributed by atoms with Crippen LogP contribution in [0.15, 0.2) is 51.7 Å². The molecule has 8 nitrogen and oxygen atoms in total. The molecule has 0 unspecified atom stereocenters. The third-order valence-corrected chi connectivity index (χ3v) is 6.13. The van der Waals surface area contributed by atoms with Crippen molar-refractivity contribution < 1.29 is 23.0 Å². The van der Waals surface area contributed by atoms with Gasteiger partial charge in [0.2, 0.25) is 5.88 Å². The highest BCUT2D eigenvalue weighted by Gasteiger charge is 2.18. The van der Waals surface area contributed by atoms with E-state index >= 15 is 0 Å². The van der Waals surface area contributed by atoms with Gasteiger partial charge in [-0.1, -0.05) is 12.1 Å². The number of hydrogen-bond donors (Lipinski definition) is 1. The molecule has 1 aliphatic heterocycles. The van der Waals surface area contributed by atoms with Gasteiger partial charge in [-0.15, -0.1) is 0 Å². The molecule has 2 amide bonds. The summed E-state index contributed by atoms with van der Waals surface area (Å²) in [5, 5.41) is 2.88. The molecule has 35 heavy (non-hydrogen) atoms. The van der Waals surface area contributed by atoms with Crippen LogP contribution in [0.25, 0.3) is 5.69 Å². The molecule has 0 bridgehead atoms. The molecule has 0 spiro atoms. The Morgan fingerprint density at radius 2 is 1.97 bits per heavy atom. The molecule has 4 rings (SSSR count). The Morgan fingerprint density at radius 3 is 2.71 bits per heavy atom. The summed E-state index contributed by atoms with van der Waals surface area (Å²) in [4.78, 5) is 31.5. The van der Waals surface area contributed by atoms with E-state index in [1.807, 2.05) is 6.07 Å². The van der Waals surface area contributed by atoms with Gasteiger partial charge in [0.25, 0.3) is 5.56 Å². The molecular weight excluding hydrogens is 526 g/mol. The van der Waals surface area contributed by atoms with Crippen LogP contribution in [0, 0.1) is 18.6 Å². The summed E-state index contributed by atoms with van der Waals surface area (Å²) in [6.07, 6.45) is 0. The van der Waals surface area contributed by atoms with Crippen molar-refractivity contribution in [3.8, 4) is 11.6 Å². The maximum atomic E-state index is 13.9. The Balaban J connectivity index is 1.50. The Labute approximate surface area is 208 Å². The fourth-order valence-corrected chi connectivity index (χ4v) is 4.01. The molecule has 184 valence electrons. The first-order valence-electron chi connectivity index (χ1n) is 10.9. The van der Waals surface area contributed by atoms with Crippen LogP contribution in [0.2, 0.25) is 0 Å². The number of ether oxygens (including phenoxy) is 2. The van der Waals surface area contributed by atoms with Crippen LogP contribution < -0.4 is 15.6 Å². The van der Waals surface area contributed by atoms with E-state index in [2.05, 4.69) is 26.2 Å². The second kappa shape index (κ2) is 11.0. The Morgan fingerprint density at radius 1 is 1.20 bits per heavy atom. The average molecular weight is 549 g/mol. The topological polar surface area (TPSA) is 85.7 Å². The summed E-state index contributed by atoms with van der Waals surface area (Å²) in [6, 6.07) is 10.2. The van der Waals surface area contributed by atoms with Gasteiger partial charge < -0.3 is 19.7 Å². The Hall–Kier alpha value is -3.31. The minimum Gasteiger partial charge on any atom is -0.472 e. The van der Waals surface area contributed by atoms with Gasteiger partial charge in [0, 0.05) is 31.3 Å². The van der Waals surface area contributed by atoms with Crippen LogP contribution in [-0.4, -0.2) is 46.8 Å². The lowest BCUT2D eigenvalue weighted by Crippen LogP contribution is -2.45. The summed E-state index contributed by atoms with van der Waals surface area (Å²) < 4.78 is 39.3. The lowest BCUT2D eigenvalue weighted by atomic mass is 10.2. The number of morpholine rings is 1. The molecule has 0 radical (unpaired) electrons. The van der Waals surface area contributed by atoms with Crippen molar-refractivity contribution in [3.63, 3.8) is 0 Å². The molecule has 3 aromatic rings. The molecule has 2 heterocycles. The van der Waals surface area contributed by atoms with Crippen LogP contribution in [0.3, 0.4) is 0 Å². The summed E-state index contributed by atoms with van der Waals surface area (Å²) in [7, 11) is 0. The van der Waals surface area contributed by atoms with E-state index in [9.17, 15) is 18.4 Å². The largest absolute Gasteiger partial charge is 0.472 e. The Kier molecular flexibility index (Phi) is 7.76. The molecule has 1 N–H and O–H groups in total. The first-order valence-corrected chi connectivity index (χ1v) is 11.7. The Bertz CT molecular complexity index is 1300. The number of hydrogen-bond acceptors (Lipinski definition) is 5. The molecule has 1 fully saturated rings. The van der Waals surface area contributed by atoms with Gasteiger partial charge in [-0.3, -0.25) is 9.36 Å². The van der Waals surface area contributed by atoms with Crippen LogP contribution in [0.5, 0.6) is 5.88 Å². The SMILES string of the molecule is Cc1nc(OCc2ccc(F)cc2F)c(Br)c(=O)n1-c1cccc(CNC(=O)N2CCOCC2)c1. The molecule has 0 atom stereocenters. The number of aromatic nitrogens is 2. The maximum absolute atomic E-state index is 13.9. The summed E-state index contributed by atoms with van der Waals surface area (Å²) >= 11 is 3.23. The molecule has 11 heteroatoms. The summed E-state index contributed by atoms with van der Waals surface area (Å²) in [5.41, 5.74) is 1.09. The van der Waals surface area contributed by atoms with Crippen LogP contribution >= 0.6 is 15.9 Å². The highest BCUT2D eigenvalue weighted by atomic mass is 79.9. The zero-order valence-corrected chi connectivity index (χ0v) is 20.5. The van der Waals surface area contributed by atoms with Crippen LogP contribution in [0.1, 0.15) is 17.0 Å². The number of halogens is 3. The van der Waals surface area contributed by atoms with Gasteiger partial charge in [0.1, 0.15) is 28.5 Å². The van der Waals surface area contributed by atoms with E-state index in [-0.39, 0.29) is 35.1 Å². The van der Waals surface area contributed by atoms with Crippen molar-refractivity contribution in [2.24, 2.45) is 0 Å². The van der Waals surface area contributed by atoms with Crippen molar-refractivity contribution in [1.29, 1.82) is 0 Å². The first kappa shape index (κ1) is 24.8. The molecule has 1 saturated heterocycles. The normalized spacial score (nSPS) is 13.5. The van der Waals surface area contributed by atoms with Crippen molar-refractivity contribution in [2.75, 3.05) is 26.3 Å². The zero-order chi connectivity index (χ0) is 24.9. The average Bonchev–Trinajstić information content (AvgIpc) is 2.85. The third-order valence-electron chi connectivity index (χ3n) is 5.46. The minimum atomic E-state index is -0.747. The fourth-order valence-electron chi connectivity index (χ4n) is 3.63. The number of nitrogens with zero attached hydrogens (tertiary/aromatic N) is 3. The van der Waals surface area contributed by atoms with Crippen LogP contribution in [0.4, 0.5) is 13.6 Å². The van der Waals surface area contributed by atoms with Gasteiger partial charge >= 0.3 is 6.03 Å². The van der Waals surface area contributed by atoms with Gasteiger partial charge in [0.15, 0.2) is 0 Å². The third kappa shape index (κ3) is 5.85. The first-order chi connectivity index (χ1) is 16.8. The van der Waals surface area contributed by atoms with Gasteiger partial charge in [-0.05, 0) is 52.7 Å². The van der Waals surface area contributed by atoms with E-state index in [0.717, 1.165) is 17.7 Å². The standard InChI is InChI=1S/C24H23BrF2N4O4/c1-15-29-22(35-14-17-5-6-18(26)12-20(17)27)21(25)23(32)31(15)19-4-2-3-16(11-19)13-28-24(33)30-7-9-34-10-8-30/h2-6,11-12H,7-10,13-14H2,1H3,(H,28,33). The molecule has 0 aliphatic carbocycles. The second-order valence-corrected chi connectivity index (χ2v) is 8.66. The second-order valence-electron chi connectivity index (χ2n) is 7.87. The molecule has 1 aromatic heterocycles. The van der Waals surface area contributed by atoms with E-state index in [0.29, 0.717) is 37.8 Å². The number of carbonyl (C=O) groups excluding carboxylic acids is 1. The molecule has 2 aromatic carbocycles. The monoisotopic (exact) mass is 548 g/mol. The van der Waals surface area contributed by atoms with E-state index in [4.69, 9.17) is 9.47 Å². The number of benzene rings is 2.